The molecule has 0 saturated heterocycles. The van der Waals surface area contributed by atoms with E-state index >= 15 is 0 Å². The van der Waals surface area contributed by atoms with Gasteiger partial charge in [-0.15, -0.1) is 0 Å². The number of hydrogen-bond acceptors (Lipinski definition) is 5. The minimum Gasteiger partial charge on any atom is -0.481 e. The zero-order valence-electron chi connectivity index (χ0n) is 13.9. The molecule has 2 heterocycles. The van der Waals surface area contributed by atoms with Gasteiger partial charge in [-0.25, -0.2) is 0 Å². The molecule has 0 aliphatic heterocycles. The maximum atomic E-state index is 10.5. The van der Waals surface area contributed by atoms with Crippen molar-refractivity contribution in [2.75, 3.05) is 0 Å². The molecule has 2 aromatic heterocycles. The zero-order chi connectivity index (χ0) is 18.1. The molecule has 0 unspecified atom stereocenters. The molecule has 0 spiro atoms. The number of hydrogen-bond donors (Lipinski definition) is 2. The van der Waals surface area contributed by atoms with Gasteiger partial charge in [0.05, 0.1) is 0 Å². The average molecular weight is 350 g/mol. The van der Waals surface area contributed by atoms with E-state index in [0.717, 1.165) is 11.5 Å². The third-order valence-corrected chi connectivity index (χ3v) is 3.55. The highest BCUT2D eigenvalue weighted by Crippen LogP contribution is 2.15. The highest BCUT2D eigenvalue weighted by atomic mass is 16.5. The molecule has 0 fully saturated rings. The lowest BCUT2D eigenvalue weighted by Crippen LogP contribution is -1.95. The second-order valence-electron chi connectivity index (χ2n) is 5.72. The normalized spacial score (nSPS) is 10.9. The summed E-state index contributed by atoms with van der Waals surface area (Å²) in [5.74, 6) is 1.24. The van der Waals surface area contributed by atoms with E-state index in [1.165, 1.54) is 0 Å². The summed E-state index contributed by atoms with van der Waals surface area (Å²) in [6.45, 7) is 0.599. The number of rotatable bonds is 12. The van der Waals surface area contributed by atoms with Gasteiger partial charge in [0.15, 0.2) is 0 Å². The summed E-state index contributed by atoms with van der Waals surface area (Å²) >= 11 is 0. The standard InChI is InChI=1S/C18H22O7/c19-17(20)5-1-3-13-7-9-15(24-13)11-23-12-16-10-8-14(25-16)4-2-6-18(21)22/h7-10H,1-6,11-12H2,(H,19,20)(H,21,22). The lowest BCUT2D eigenvalue weighted by molar-refractivity contribution is -0.138. The fourth-order valence-corrected chi connectivity index (χ4v) is 2.35. The summed E-state index contributed by atoms with van der Waals surface area (Å²) in [6.07, 6.45) is 2.51. The van der Waals surface area contributed by atoms with Crippen molar-refractivity contribution in [3.63, 3.8) is 0 Å². The molecule has 0 amide bonds. The molecule has 2 N–H and O–H groups in total. The largest absolute Gasteiger partial charge is 0.481 e. The van der Waals surface area contributed by atoms with Gasteiger partial charge in [-0.05, 0) is 37.1 Å². The van der Waals surface area contributed by atoms with Crippen LogP contribution in [0.2, 0.25) is 0 Å². The number of aliphatic carboxylic acids is 2. The van der Waals surface area contributed by atoms with E-state index in [1.807, 2.05) is 24.3 Å². The first-order valence-electron chi connectivity index (χ1n) is 8.19. The van der Waals surface area contributed by atoms with Gasteiger partial charge in [0.1, 0.15) is 36.3 Å². The molecular formula is C18H22O7. The smallest absolute Gasteiger partial charge is 0.303 e. The third-order valence-electron chi connectivity index (χ3n) is 3.55. The van der Waals surface area contributed by atoms with Gasteiger partial charge in [-0.3, -0.25) is 9.59 Å². The second-order valence-corrected chi connectivity index (χ2v) is 5.72. The Bertz CT molecular complexity index is 625. The number of carboxylic acid groups (broad SMARTS) is 2. The topological polar surface area (TPSA) is 110 Å². The van der Waals surface area contributed by atoms with Crippen LogP contribution in [0.25, 0.3) is 0 Å². The summed E-state index contributed by atoms with van der Waals surface area (Å²) in [6, 6.07) is 7.28. The molecule has 136 valence electrons. The minimum atomic E-state index is -0.809. The summed E-state index contributed by atoms with van der Waals surface area (Å²) in [7, 11) is 0. The molecule has 2 aromatic rings. The van der Waals surface area contributed by atoms with Crippen LogP contribution in [-0.4, -0.2) is 22.2 Å². The Balaban J connectivity index is 1.67. The third kappa shape index (κ3) is 7.26. The van der Waals surface area contributed by atoms with Crippen LogP contribution in [0.5, 0.6) is 0 Å². The second kappa shape index (κ2) is 9.68. The van der Waals surface area contributed by atoms with Crippen LogP contribution < -0.4 is 0 Å². The van der Waals surface area contributed by atoms with Gasteiger partial charge in [0.2, 0.25) is 0 Å². The van der Waals surface area contributed by atoms with Crippen LogP contribution in [0, 0.1) is 0 Å². The summed E-state index contributed by atoms with van der Waals surface area (Å²) < 4.78 is 16.7. The Morgan fingerprint density at radius 3 is 1.56 bits per heavy atom. The summed E-state index contributed by atoms with van der Waals surface area (Å²) in [5.41, 5.74) is 0. The molecule has 0 radical (unpaired) electrons. The first-order valence-corrected chi connectivity index (χ1v) is 8.19. The first kappa shape index (κ1) is 18.8. The quantitative estimate of drug-likeness (QED) is 0.603. The monoisotopic (exact) mass is 350 g/mol. The Hall–Kier alpha value is -2.54. The van der Waals surface area contributed by atoms with Crippen LogP contribution in [0.4, 0.5) is 0 Å². The van der Waals surface area contributed by atoms with Crippen molar-refractivity contribution in [1.82, 2.24) is 0 Å². The molecule has 0 saturated carbocycles. The van der Waals surface area contributed by atoms with Crippen molar-refractivity contribution in [2.24, 2.45) is 0 Å². The van der Waals surface area contributed by atoms with E-state index in [4.69, 9.17) is 23.8 Å². The maximum Gasteiger partial charge on any atom is 0.303 e. The molecule has 7 nitrogen and oxygen atoms in total. The van der Waals surface area contributed by atoms with Crippen molar-refractivity contribution in [3.8, 4) is 0 Å². The van der Waals surface area contributed by atoms with Crippen LogP contribution in [0.1, 0.15) is 48.7 Å². The van der Waals surface area contributed by atoms with Gasteiger partial charge in [-0.2, -0.15) is 0 Å². The average Bonchev–Trinajstić information content (AvgIpc) is 3.17. The van der Waals surface area contributed by atoms with Crippen molar-refractivity contribution in [2.45, 2.75) is 51.7 Å². The fraction of sp³-hybridized carbons (Fsp3) is 0.444. The van der Waals surface area contributed by atoms with Crippen molar-refractivity contribution in [3.05, 3.63) is 47.3 Å². The predicted molar refractivity (Wildman–Crippen MR) is 87.1 cm³/mol. The Kier molecular flexibility index (Phi) is 7.28. The minimum absolute atomic E-state index is 0.125. The van der Waals surface area contributed by atoms with E-state index in [2.05, 4.69) is 0 Å². The first-order chi connectivity index (χ1) is 12.0. The van der Waals surface area contributed by atoms with Crippen molar-refractivity contribution in [1.29, 1.82) is 0 Å². The maximum absolute atomic E-state index is 10.5. The molecule has 0 aromatic carbocycles. The van der Waals surface area contributed by atoms with E-state index in [9.17, 15) is 9.59 Å². The van der Waals surface area contributed by atoms with Crippen molar-refractivity contribution < 1.29 is 33.4 Å². The molecule has 0 atom stereocenters. The van der Waals surface area contributed by atoms with Crippen LogP contribution in [0.15, 0.2) is 33.1 Å². The Morgan fingerprint density at radius 2 is 1.16 bits per heavy atom. The van der Waals surface area contributed by atoms with Crippen LogP contribution in [0.3, 0.4) is 0 Å². The van der Waals surface area contributed by atoms with Gasteiger partial charge < -0.3 is 23.8 Å². The molecule has 0 aliphatic carbocycles. The molecule has 7 heteroatoms. The Labute approximate surface area is 145 Å². The van der Waals surface area contributed by atoms with Gasteiger partial charge in [-0.1, -0.05) is 0 Å². The Morgan fingerprint density at radius 1 is 0.760 bits per heavy atom. The zero-order valence-corrected chi connectivity index (χ0v) is 13.9. The highest BCUT2D eigenvalue weighted by Gasteiger charge is 2.07. The van der Waals surface area contributed by atoms with Crippen LogP contribution >= 0.6 is 0 Å². The highest BCUT2D eigenvalue weighted by molar-refractivity contribution is 5.66. The molecule has 2 rings (SSSR count). The van der Waals surface area contributed by atoms with Crippen LogP contribution in [-0.2, 0) is 40.4 Å². The van der Waals surface area contributed by atoms with E-state index in [0.29, 0.717) is 50.4 Å². The van der Waals surface area contributed by atoms with Crippen molar-refractivity contribution >= 4 is 11.9 Å². The van der Waals surface area contributed by atoms with Gasteiger partial charge in [0, 0.05) is 25.7 Å². The molecule has 0 bridgehead atoms. The van der Waals surface area contributed by atoms with E-state index in [1.54, 1.807) is 0 Å². The number of furan rings is 2. The fourth-order valence-electron chi connectivity index (χ4n) is 2.35. The van der Waals surface area contributed by atoms with E-state index in [-0.39, 0.29) is 12.8 Å². The van der Waals surface area contributed by atoms with E-state index < -0.39 is 11.9 Å². The molecule has 0 aliphatic rings. The SMILES string of the molecule is O=C(O)CCCc1ccc(COCc2ccc(CCCC(=O)O)o2)o1. The number of carbonyl (C=O) groups is 2. The number of ether oxygens (including phenoxy) is 1. The summed E-state index contributed by atoms with van der Waals surface area (Å²) in [5, 5.41) is 17.2. The molecular weight excluding hydrogens is 328 g/mol. The number of aryl methyl sites for hydroxylation is 2. The van der Waals surface area contributed by atoms with Gasteiger partial charge >= 0.3 is 11.9 Å². The predicted octanol–water partition coefficient (Wildman–Crippen LogP) is 3.40. The lowest BCUT2D eigenvalue weighted by Gasteiger charge is -2.00. The van der Waals surface area contributed by atoms with Gasteiger partial charge in [0.25, 0.3) is 0 Å². The lowest BCUT2D eigenvalue weighted by atomic mass is 10.2. The molecule has 25 heavy (non-hydrogen) atoms. The number of carboxylic acids is 2. The summed E-state index contributed by atoms with van der Waals surface area (Å²) in [4.78, 5) is 20.9.